The van der Waals surface area contributed by atoms with E-state index >= 15 is 0 Å². The number of hydrogen-bond donors (Lipinski definition) is 0. The zero-order valence-electron chi connectivity index (χ0n) is 15.8. The summed E-state index contributed by atoms with van der Waals surface area (Å²) in [5.41, 5.74) is 1.76. The molecule has 0 saturated heterocycles. The number of alkyl halides is 3. The molecule has 0 unspecified atom stereocenters. The molecule has 0 amide bonds. The lowest BCUT2D eigenvalue weighted by Gasteiger charge is -2.28. The first kappa shape index (κ1) is 19.8. The third kappa shape index (κ3) is 5.50. The highest BCUT2D eigenvalue weighted by atomic mass is 19.4. The summed E-state index contributed by atoms with van der Waals surface area (Å²) in [5, 5.41) is 0. The molecule has 0 bridgehead atoms. The van der Waals surface area contributed by atoms with Gasteiger partial charge in [-0.05, 0) is 72.9 Å². The lowest BCUT2D eigenvalue weighted by atomic mass is 9.77. The third-order valence-corrected chi connectivity index (χ3v) is 5.58. The highest BCUT2D eigenvalue weighted by Crippen LogP contribution is 2.37. The van der Waals surface area contributed by atoms with E-state index in [2.05, 4.69) is 31.2 Å². The molecule has 0 spiro atoms. The second-order valence-corrected chi connectivity index (χ2v) is 7.56. The molecule has 0 N–H and O–H groups in total. The van der Waals surface area contributed by atoms with Crippen LogP contribution in [0.5, 0.6) is 5.75 Å². The molecular weight excluding hydrogens is 349 g/mol. The molecule has 1 nitrogen and oxygen atoms in total. The van der Waals surface area contributed by atoms with Crippen molar-refractivity contribution in [3.63, 3.8) is 0 Å². The van der Waals surface area contributed by atoms with Crippen LogP contribution in [0.1, 0.15) is 68.1 Å². The Bertz CT molecular complexity index is 696. The number of ether oxygens (including phenoxy) is 1. The topological polar surface area (TPSA) is 9.23 Å². The van der Waals surface area contributed by atoms with Crippen molar-refractivity contribution in [2.45, 2.75) is 64.1 Å². The van der Waals surface area contributed by atoms with Crippen LogP contribution in [-0.4, -0.2) is 0 Å². The van der Waals surface area contributed by atoms with Gasteiger partial charge in [-0.15, -0.1) is 0 Å². The maximum absolute atomic E-state index is 12.6. The van der Waals surface area contributed by atoms with Gasteiger partial charge in [-0.1, -0.05) is 44.0 Å². The molecule has 1 fully saturated rings. The lowest BCUT2D eigenvalue weighted by Crippen LogP contribution is -2.13. The molecule has 2 aromatic rings. The van der Waals surface area contributed by atoms with Crippen LogP contribution in [0.25, 0.3) is 0 Å². The van der Waals surface area contributed by atoms with Gasteiger partial charge in [0.05, 0.1) is 5.56 Å². The fourth-order valence-corrected chi connectivity index (χ4v) is 3.99. The Morgan fingerprint density at radius 3 is 2.07 bits per heavy atom. The zero-order valence-corrected chi connectivity index (χ0v) is 15.8. The third-order valence-electron chi connectivity index (χ3n) is 5.58. The van der Waals surface area contributed by atoms with Crippen LogP contribution < -0.4 is 4.74 Å². The molecule has 27 heavy (non-hydrogen) atoms. The predicted molar refractivity (Wildman–Crippen MR) is 102 cm³/mol. The minimum atomic E-state index is -4.32. The molecule has 1 aliphatic carbocycles. The summed E-state index contributed by atoms with van der Waals surface area (Å²) in [4.78, 5) is 0. The maximum Gasteiger partial charge on any atom is 0.416 e. The second kappa shape index (κ2) is 8.81. The summed E-state index contributed by atoms with van der Waals surface area (Å²) >= 11 is 0. The summed E-state index contributed by atoms with van der Waals surface area (Å²) in [5.74, 6) is 2.01. The van der Waals surface area contributed by atoms with E-state index in [1.165, 1.54) is 56.2 Å². The Hall–Kier alpha value is -1.97. The smallest absolute Gasteiger partial charge is 0.416 e. The monoisotopic (exact) mass is 376 g/mol. The number of rotatable bonds is 6. The average molecular weight is 376 g/mol. The van der Waals surface area contributed by atoms with E-state index in [0.717, 1.165) is 23.6 Å². The zero-order chi connectivity index (χ0) is 19.3. The summed E-state index contributed by atoms with van der Waals surface area (Å²) in [6.45, 7) is 2.62. The number of benzene rings is 2. The first-order valence-corrected chi connectivity index (χ1v) is 9.84. The van der Waals surface area contributed by atoms with Crippen LogP contribution in [0.2, 0.25) is 0 Å². The van der Waals surface area contributed by atoms with Gasteiger partial charge < -0.3 is 4.74 Å². The largest absolute Gasteiger partial charge is 0.489 e. The summed E-state index contributed by atoms with van der Waals surface area (Å²) in [6.07, 6.45) is 3.52. The molecule has 3 rings (SSSR count). The van der Waals surface area contributed by atoms with E-state index in [4.69, 9.17) is 4.74 Å². The van der Waals surface area contributed by atoms with Crippen LogP contribution >= 0.6 is 0 Å². The van der Waals surface area contributed by atoms with E-state index in [0.29, 0.717) is 18.3 Å². The van der Waals surface area contributed by atoms with Crippen molar-refractivity contribution in [3.05, 3.63) is 65.2 Å². The molecule has 1 aliphatic rings. The quantitative estimate of drug-likeness (QED) is 0.512. The van der Waals surface area contributed by atoms with Gasteiger partial charge in [0.1, 0.15) is 12.4 Å². The minimum absolute atomic E-state index is 0.356. The Morgan fingerprint density at radius 2 is 1.52 bits per heavy atom. The van der Waals surface area contributed by atoms with Crippen LogP contribution in [0.4, 0.5) is 13.2 Å². The summed E-state index contributed by atoms with van der Waals surface area (Å²) in [7, 11) is 0. The van der Waals surface area contributed by atoms with E-state index in [1.54, 1.807) is 0 Å². The molecule has 0 aromatic heterocycles. The first-order chi connectivity index (χ1) is 13.0. The van der Waals surface area contributed by atoms with Crippen molar-refractivity contribution in [1.82, 2.24) is 0 Å². The van der Waals surface area contributed by atoms with Crippen molar-refractivity contribution in [2.75, 3.05) is 0 Å². The van der Waals surface area contributed by atoms with Crippen LogP contribution in [-0.2, 0) is 12.8 Å². The van der Waals surface area contributed by atoms with Crippen molar-refractivity contribution in [2.24, 2.45) is 5.92 Å². The van der Waals surface area contributed by atoms with Gasteiger partial charge in [0, 0.05) is 0 Å². The lowest BCUT2D eigenvalue weighted by molar-refractivity contribution is -0.137. The van der Waals surface area contributed by atoms with Crippen molar-refractivity contribution in [1.29, 1.82) is 0 Å². The molecule has 1 saturated carbocycles. The first-order valence-electron chi connectivity index (χ1n) is 9.84. The van der Waals surface area contributed by atoms with Gasteiger partial charge in [0.15, 0.2) is 0 Å². The fraction of sp³-hybridized carbons (Fsp3) is 0.478. The molecule has 146 valence electrons. The Kier molecular flexibility index (Phi) is 6.46. The van der Waals surface area contributed by atoms with Gasteiger partial charge >= 0.3 is 6.18 Å². The molecular formula is C23H27F3O. The van der Waals surface area contributed by atoms with Gasteiger partial charge in [-0.2, -0.15) is 13.2 Å². The van der Waals surface area contributed by atoms with E-state index in [1.807, 2.05) is 0 Å². The molecule has 0 atom stereocenters. The second-order valence-electron chi connectivity index (χ2n) is 7.56. The van der Waals surface area contributed by atoms with Crippen LogP contribution in [0.3, 0.4) is 0 Å². The van der Waals surface area contributed by atoms with Crippen LogP contribution in [0.15, 0.2) is 48.5 Å². The number of halogens is 3. The average Bonchev–Trinajstić information content (AvgIpc) is 2.67. The molecule has 2 aromatic carbocycles. The predicted octanol–water partition coefficient (Wildman–Crippen LogP) is 7.36. The SMILES string of the molecule is CCCC1CCC(c2ccc(COc3ccc(C(F)(F)F)cc3)cc2)CC1. The maximum atomic E-state index is 12.6. The van der Waals surface area contributed by atoms with Crippen molar-refractivity contribution < 1.29 is 17.9 Å². The van der Waals surface area contributed by atoms with Gasteiger partial charge in [-0.3, -0.25) is 0 Å². The van der Waals surface area contributed by atoms with E-state index in [-0.39, 0.29) is 0 Å². The van der Waals surface area contributed by atoms with Gasteiger partial charge in [0.2, 0.25) is 0 Å². The van der Waals surface area contributed by atoms with Crippen LogP contribution in [0, 0.1) is 5.92 Å². The summed E-state index contributed by atoms with van der Waals surface area (Å²) < 4.78 is 43.4. The van der Waals surface area contributed by atoms with Gasteiger partial charge in [0.25, 0.3) is 0 Å². The molecule has 4 heteroatoms. The standard InChI is InChI=1S/C23H27F3O/c1-2-3-17-4-8-19(9-5-17)20-10-6-18(7-11-20)16-27-22-14-12-21(13-15-22)23(24,25)26/h6-7,10-15,17,19H,2-5,8-9,16H2,1H3. The fourth-order valence-electron chi connectivity index (χ4n) is 3.99. The summed E-state index contributed by atoms with van der Waals surface area (Å²) in [6, 6.07) is 13.3. The van der Waals surface area contributed by atoms with Crippen molar-refractivity contribution >= 4 is 0 Å². The Morgan fingerprint density at radius 1 is 0.889 bits per heavy atom. The highest BCUT2D eigenvalue weighted by molar-refractivity contribution is 5.30. The highest BCUT2D eigenvalue weighted by Gasteiger charge is 2.30. The normalized spacial score (nSPS) is 20.4. The molecule has 0 heterocycles. The van der Waals surface area contributed by atoms with E-state index < -0.39 is 11.7 Å². The Labute approximate surface area is 159 Å². The molecule has 0 aliphatic heterocycles. The van der Waals surface area contributed by atoms with Crippen molar-refractivity contribution in [3.8, 4) is 5.75 Å². The Balaban J connectivity index is 1.51. The van der Waals surface area contributed by atoms with Gasteiger partial charge in [-0.25, -0.2) is 0 Å². The number of hydrogen-bond acceptors (Lipinski definition) is 1. The molecule has 0 radical (unpaired) electrons. The minimum Gasteiger partial charge on any atom is -0.489 e. The van der Waals surface area contributed by atoms with E-state index in [9.17, 15) is 13.2 Å².